The molecule has 4 heteroatoms. The van der Waals surface area contributed by atoms with Gasteiger partial charge in [0.05, 0.1) is 12.3 Å². The Balaban J connectivity index is 2.11. The lowest BCUT2D eigenvalue weighted by Gasteiger charge is -2.13. The lowest BCUT2D eigenvalue weighted by Crippen LogP contribution is -2.03. The topological polar surface area (TPSA) is 21.3 Å². The minimum Gasteiger partial charge on any atom is -0.492 e. The highest BCUT2D eigenvalue weighted by Gasteiger charge is 2.05. The summed E-state index contributed by atoms with van der Waals surface area (Å²) in [7, 11) is 0. The molecular formula is C16H17BrFNO. The molecule has 0 aliphatic rings. The minimum absolute atomic E-state index is 0.294. The van der Waals surface area contributed by atoms with Gasteiger partial charge in [0.15, 0.2) is 0 Å². The molecule has 0 aliphatic carbocycles. The number of ether oxygens (including phenoxy) is 1. The molecule has 0 atom stereocenters. The van der Waals surface area contributed by atoms with Crippen molar-refractivity contribution < 1.29 is 9.13 Å². The van der Waals surface area contributed by atoms with E-state index in [1.54, 1.807) is 6.07 Å². The van der Waals surface area contributed by atoms with E-state index in [-0.39, 0.29) is 5.82 Å². The van der Waals surface area contributed by atoms with Gasteiger partial charge in [-0.05, 0) is 43.2 Å². The lowest BCUT2D eigenvalue weighted by atomic mass is 10.1. The molecule has 0 unspecified atom stereocenters. The Kier molecular flexibility index (Phi) is 5.01. The van der Waals surface area contributed by atoms with E-state index in [9.17, 15) is 4.39 Å². The molecule has 2 aromatic carbocycles. The first-order valence-electron chi connectivity index (χ1n) is 6.51. The van der Waals surface area contributed by atoms with E-state index >= 15 is 0 Å². The van der Waals surface area contributed by atoms with Gasteiger partial charge in [-0.2, -0.15) is 0 Å². The van der Waals surface area contributed by atoms with Gasteiger partial charge in [-0.3, -0.25) is 0 Å². The predicted octanol–water partition coefficient (Wildman–Crippen LogP) is 4.91. The molecule has 2 nitrogen and oxygen atoms in total. The van der Waals surface area contributed by atoms with Gasteiger partial charge >= 0.3 is 0 Å². The zero-order chi connectivity index (χ0) is 14.5. The second-order valence-electron chi connectivity index (χ2n) is 4.51. The van der Waals surface area contributed by atoms with Gasteiger partial charge < -0.3 is 10.1 Å². The third-order valence-electron chi connectivity index (χ3n) is 2.96. The molecule has 2 rings (SSSR count). The highest BCUT2D eigenvalue weighted by Crippen LogP contribution is 2.26. The van der Waals surface area contributed by atoms with Gasteiger partial charge in [-0.25, -0.2) is 4.39 Å². The Hall–Kier alpha value is -1.55. The number of hydrogen-bond donors (Lipinski definition) is 1. The van der Waals surface area contributed by atoms with Crippen LogP contribution in [0.3, 0.4) is 0 Å². The fourth-order valence-electron chi connectivity index (χ4n) is 1.86. The summed E-state index contributed by atoms with van der Waals surface area (Å²) < 4.78 is 19.7. The molecule has 1 N–H and O–H groups in total. The van der Waals surface area contributed by atoms with Crippen LogP contribution in [-0.4, -0.2) is 6.61 Å². The van der Waals surface area contributed by atoms with E-state index in [0.29, 0.717) is 18.9 Å². The SMILES string of the molecule is CCOc1cc(F)ccc1NCc1ccc(C)c(Br)c1. The summed E-state index contributed by atoms with van der Waals surface area (Å²) in [5, 5.41) is 3.28. The van der Waals surface area contributed by atoms with Crippen LogP contribution < -0.4 is 10.1 Å². The second kappa shape index (κ2) is 6.75. The number of benzene rings is 2. The largest absolute Gasteiger partial charge is 0.492 e. The Morgan fingerprint density at radius 3 is 2.70 bits per heavy atom. The van der Waals surface area contributed by atoms with Gasteiger partial charge in [0.2, 0.25) is 0 Å². The highest BCUT2D eigenvalue weighted by atomic mass is 79.9. The van der Waals surface area contributed by atoms with Crippen LogP contribution in [0.5, 0.6) is 5.75 Å². The van der Waals surface area contributed by atoms with E-state index in [2.05, 4.69) is 46.4 Å². The molecule has 0 fully saturated rings. The Labute approximate surface area is 127 Å². The number of hydrogen-bond acceptors (Lipinski definition) is 2. The molecule has 0 aliphatic heterocycles. The van der Waals surface area contributed by atoms with Crippen LogP contribution in [0.2, 0.25) is 0 Å². The van der Waals surface area contributed by atoms with Crippen LogP contribution in [-0.2, 0) is 6.54 Å². The minimum atomic E-state index is -0.294. The predicted molar refractivity (Wildman–Crippen MR) is 83.8 cm³/mol. The van der Waals surface area contributed by atoms with Gasteiger partial charge in [0.25, 0.3) is 0 Å². The first-order valence-corrected chi connectivity index (χ1v) is 7.30. The lowest BCUT2D eigenvalue weighted by molar-refractivity contribution is 0.340. The normalized spacial score (nSPS) is 10.4. The summed E-state index contributed by atoms with van der Waals surface area (Å²) in [5.74, 6) is 0.246. The van der Waals surface area contributed by atoms with Crippen molar-refractivity contribution in [2.45, 2.75) is 20.4 Å². The maximum Gasteiger partial charge on any atom is 0.145 e. The molecule has 0 saturated heterocycles. The van der Waals surface area contributed by atoms with Crippen molar-refractivity contribution in [2.24, 2.45) is 0 Å². The summed E-state index contributed by atoms with van der Waals surface area (Å²) in [4.78, 5) is 0. The van der Waals surface area contributed by atoms with Crippen molar-refractivity contribution in [1.29, 1.82) is 0 Å². The first-order chi connectivity index (χ1) is 9.60. The summed E-state index contributed by atoms with van der Waals surface area (Å²) in [6, 6.07) is 10.7. The molecule has 0 aromatic heterocycles. The van der Waals surface area contributed by atoms with Crippen LogP contribution >= 0.6 is 15.9 Å². The highest BCUT2D eigenvalue weighted by molar-refractivity contribution is 9.10. The van der Waals surface area contributed by atoms with Crippen LogP contribution in [0.15, 0.2) is 40.9 Å². The van der Waals surface area contributed by atoms with E-state index in [1.807, 2.05) is 6.92 Å². The molecular weight excluding hydrogens is 321 g/mol. The van der Waals surface area contributed by atoms with E-state index < -0.39 is 0 Å². The van der Waals surface area contributed by atoms with Crippen molar-refractivity contribution in [2.75, 3.05) is 11.9 Å². The zero-order valence-corrected chi connectivity index (χ0v) is 13.1. The second-order valence-corrected chi connectivity index (χ2v) is 5.36. The van der Waals surface area contributed by atoms with Gasteiger partial charge in [0.1, 0.15) is 11.6 Å². The van der Waals surface area contributed by atoms with Crippen molar-refractivity contribution >= 4 is 21.6 Å². The average molecular weight is 338 g/mol. The van der Waals surface area contributed by atoms with Crippen molar-refractivity contribution in [3.63, 3.8) is 0 Å². The Bertz CT molecular complexity index is 601. The number of nitrogens with one attached hydrogen (secondary N) is 1. The van der Waals surface area contributed by atoms with Crippen molar-refractivity contribution in [3.05, 3.63) is 57.8 Å². The van der Waals surface area contributed by atoms with Crippen LogP contribution in [0.25, 0.3) is 0 Å². The van der Waals surface area contributed by atoms with E-state index in [0.717, 1.165) is 15.7 Å². The van der Waals surface area contributed by atoms with Crippen LogP contribution in [0.1, 0.15) is 18.1 Å². The molecule has 0 heterocycles. The number of aryl methyl sites for hydroxylation is 1. The number of rotatable bonds is 5. The summed E-state index contributed by atoms with van der Waals surface area (Å²) in [6.45, 7) is 5.10. The fraction of sp³-hybridized carbons (Fsp3) is 0.250. The summed E-state index contributed by atoms with van der Waals surface area (Å²) in [5.41, 5.74) is 3.14. The third kappa shape index (κ3) is 3.73. The molecule has 0 saturated carbocycles. The molecule has 106 valence electrons. The Morgan fingerprint density at radius 1 is 1.20 bits per heavy atom. The molecule has 0 amide bonds. The molecule has 0 bridgehead atoms. The van der Waals surface area contributed by atoms with Gasteiger partial charge in [-0.1, -0.05) is 28.1 Å². The average Bonchev–Trinajstić information content (AvgIpc) is 2.42. The molecule has 20 heavy (non-hydrogen) atoms. The van der Waals surface area contributed by atoms with Gasteiger partial charge in [-0.15, -0.1) is 0 Å². The third-order valence-corrected chi connectivity index (χ3v) is 3.82. The summed E-state index contributed by atoms with van der Waals surface area (Å²) in [6.07, 6.45) is 0. The van der Waals surface area contributed by atoms with Gasteiger partial charge in [0, 0.05) is 17.1 Å². The monoisotopic (exact) mass is 337 g/mol. The zero-order valence-electron chi connectivity index (χ0n) is 11.5. The smallest absolute Gasteiger partial charge is 0.145 e. The maximum absolute atomic E-state index is 13.2. The fourth-order valence-corrected chi connectivity index (χ4v) is 2.29. The Morgan fingerprint density at radius 2 is 2.00 bits per heavy atom. The van der Waals surface area contributed by atoms with Crippen LogP contribution in [0.4, 0.5) is 10.1 Å². The number of halogens is 2. The summed E-state index contributed by atoms with van der Waals surface area (Å²) >= 11 is 3.52. The van der Waals surface area contributed by atoms with E-state index in [1.165, 1.54) is 17.7 Å². The molecule has 0 radical (unpaired) electrons. The van der Waals surface area contributed by atoms with Crippen molar-refractivity contribution in [3.8, 4) is 5.75 Å². The first kappa shape index (κ1) is 14.9. The quantitative estimate of drug-likeness (QED) is 0.837. The number of anilines is 1. The van der Waals surface area contributed by atoms with E-state index in [4.69, 9.17) is 4.74 Å². The standard InChI is InChI=1S/C16H17BrFNO/c1-3-20-16-9-13(18)6-7-15(16)19-10-12-5-4-11(2)14(17)8-12/h4-9,19H,3,10H2,1-2H3. The van der Waals surface area contributed by atoms with Crippen LogP contribution in [0, 0.1) is 12.7 Å². The van der Waals surface area contributed by atoms with Crippen molar-refractivity contribution in [1.82, 2.24) is 0 Å². The molecule has 2 aromatic rings. The molecule has 0 spiro atoms. The maximum atomic E-state index is 13.2.